The molecule has 1 N–H and O–H groups in total. The normalized spacial score (nSPS) is 15.2. The zero-order valence-electron chi connectivity index (χ0n) is 16.4. The van der Waals surface area contributed by atoms with Gasteiger partial charge in [0.2, 0.25) is 10.0 Å². The van der Waals surface area contributed by atoms with Gasteiger partial charge in [0.15, 0.2) is 6.10 Å². The van der Waals surface area contributed by atoms with Gasteiger partial charge in [0, 0.05) is 19.6 Å². The Hall–Kier alpha value is -2.71. The van der Waals surface area contributed by atoms with Crippen molar-refractivity contribution in [2.45, 2.75) is 37.8 Å². The molecule has 0 aliphatic carbocycles. The van der Waals surface area contributed by atoms with Crippen molar-refractivity contribution in [1.82, 2.24) is 9.62 Å². The number of carbonyl (C=O) groups excluding carboxylic acids is 2. The molecule has 29 heavy (non-hydrogen) atoms. The van der Waals surface area contributed by atoms with Crippen molar-refractivity contribution in [3.05, 3.63) is 65.2 Å². The molecule has 1 heterocycles. The zero-order valence-corrected chi connectivity index (χ0v) is 17.2. The van der Waals surface area contributed by atoms with Gasteiger partial charge in [-0.3, -0.25) is 4.79 Å². The van der Waals surface area contributed by atoms with E-state index in [1.54, 1.807) is 6.92 Å². The molecule has 0 saturated heterocycles. The number of hydrogen-bond acceptors (Lipinski definition) is 5. The predicted octanol–water partition coefficient (Wildman–Crippen LogP) is 2.11. The van der Waals surface area contributed by atoms with Crippen molar-refractivity contribution < 1.29 is 22.7 Å². The Labute approximate surface area is 170 Å². The second-order valence-corrected chi connectivity index (χ2v) is 8.77. The first-order chi connectivity index (χ1) is 13.8. The van der Waals surface area contributed by atoms with Crippen LogP contribution in [-0.2, 0) is 32.5 Å². The van der Waals surface area contributed by atoms with Gasteiger partial charge in [-0.2, -0.15) is 4.31 Å². The number of fused-ring (bicyclic) bond motifs is 1. The van der Waals surface area contributed by atoms with E-state index in [0.29, 0.717) is 26.1 Å². The lowest BCUT2D eigenvalue weighted by Crippen LogP contribution is -2.36. The first kappa shape index (κ1) is 21.0. The van der Waals surface area contributed by atoms with Crippen molar-refractivity contribution in [2.75, 3.05) is 13.1 Å². The lowest BCUT2D eigenvalue weighted by molar-refractivity contribution is -0.128. The SMILES string of the molecule is CCNC(=O)[C@@H](C)OC(=O)c1cccc(S(=O)(=O)N2CCc3ccccc3C2)c1. The van der Waals surface area contributed by atoms with E-state index in [1.165, 1.54) is 35.5 Å². The zero-order chi connectivity index (χ0) is 21.0. The Morgan fingerprint density at radius 1 is 1.14 bits per heavy atom. The summed E-state index contributed by atoms with van der Waals surface area (Å²) in [5.74, 6) is -1.15. The summed E-state index contributed by atoms with van der Waals surface area (Å²) in [6.45, 7) is 4.32. The van der Waals surface area contributed by atoms with Crippen molar-refractivity contribution in [3.8, 4) is 0 Å². The van der Waals surface area contributed by atoms with Gasteiger partial charge in [0.05, 0.1) is 10.5 Å². The Bertz CT molecular complexity index is 1020. The van der Waals surface area contributed by atoms with Crippen LogP contribution in [0.15, 0.2) is 53.4 Å². The molecule has 154 valence electrons. The van der Waals surface area contributed by atoms with Crippen LogP contribution in [0.3, 0.4) is 0 Å². The fourth-order valence-corrected chi connectivity index (χ4v) is 4.67. The number of sulfonamides is 1. The summed E-state index contributed by atoms with van der Waals surface area (Å²) in [7, 11) is -3.77. The molecule has 0 aromatic heterocycles. The van der Waals surface area contributed by atoms with Crippen LogP contribution in [0, 0.1) is 0 Å². The topological polar surface area (TPSA) is 92.8 Å². The van der Waals surface area contributed by atoms with E-state index in [4.69, 9.17) is 4.74 Å². The molecule has 0 saturated carbocycles. The summed E-state index contributed by atoms with van der Waals surface area (Å²) in [5, 5.41) is 2.57. The van der Waals surface area contributed by atoms with Gasteiger partial charge in [-0.25, -0.2) is 13.2 Å². The molecule has 1 amide bonds. The molecule has 0 radical (unpaired) electrons. The third kappa shape index (κ3) is 4.65. The highest BCUT2D eigenvalue weighted by Gasteiger charge is 2.29. The van der Waals surface area contributed by atoms with E-state index in [9.17, 15) is 18.0 Å². The number of ether oxygens (including phenoxy) is 1. The minimum atomic E-state index is -3.77. The largest absolute Gasteiger partial charge is 0.449 e. The summed E-state index contributed by atoms with van der Waals surface area (Å²) in [6, 6.07) is 13.5. The lowest BCUT2D eigenvalue weighted by atomic mass is 10.0. The lowest BCUT2D eigenvalue weighted by Gasteiger charge is -2.28. The maximum Gasteiger partial charge on any atom is 0.338 e. The van der Waals surface area contributed by atoms with Gasteiger partial charge >= 0.3 is 5.97 Å². The number of amides is 1. The Balaban J connectivity index is 1.78. The van der Waals surface area contributed by atoms with Crippen LogP contribution in [0.5, 0.6) is 0 Å². The number of nitrogens with zero attached hydrogens (tertiary/aromatic N) is 1. The molecular formula is C21H24N2O5S. The van der Waals surface area contributed by atoms with Gasteiger partial charge in [0.1, 0.15) is 0 Å². The van der Waals surface area contributed by atoms with E-state index in [-0.39, 0.29) is 10.5 Å². The number of likely N-dealkylation sites (N-methyl/N-ethyl adjacent to an activating group) is 1. The molecular weight excluding hydrogens is 392 g/mol. The monoisotopic (exact) mass is 416 g/mol. The smallest absolute Gasteiger partial charge is 0.338 e. The summed E-state index contributed by atoms with van der Waals surface area (Å²) in [4.78, 5) is 24.1. The molecule has 0 spiro atoms. The molecule has 3 rings (SSSR count). The van der Waals surface area contributed by atoms with Crippen LogP contribution in [0.1, 0.15) is 35.3 Å². The van der Waals surface area contributed by atoms with Crippen LogP contribution < -0.4 is 5.32 Å². The van der Waals surface area contributed by atoms with Gasteiger partial charge < -0.3 is 10.1 Å². The number of nitrogens with one attached hydrogen (secondary N) is 1. The highest BCUT2D eigenvalue weighted by molar-refractivity contribution is 7.89. The summed E-state index contributed by atoms with van der Waals surface area (Å²) in [6.07, 6.45) is -0.331. The maximum absolute atomic E-state index is 13.1. The number of esters is 1. The van der Waals surface area contributed by atoms with E-state index >= 15 is 0 Å². The Morgan fingerprint density at radius 3 is 2.59 bits per heavy atom. The standard InChI is InChI=1S/C21H24N2O5S/c1-3-22-20(24)15(2)28-21(25)17-9-6-10-19(13-17)29(26,27)23-12-11-16-7-4-5-8-18(16)14-23/h4-10,13,15H,3,11-12,14H2,1-2H3,(H,22,24)/t15-/m1/s1. The average molecular weight is 416 g/mol. The maximum atomic E-state index is 13.1. The molecule has 1 atom stereocenters. The number of benzene rings is 2. The fraction of sp³-hybridized carbons (Fsp3) is 0.333. The van der Waals surface area contributed by atoms with Crippen molar-refractivity contribution >= 4 is 21.9 Å². The molecule has 0 fully saturated rings. The quantitative estimate of drug-likeness (QED) is 0.728. The Morgan fingerprint density at radius 2 is 1.86 bits per heavy atom. The van der Waals surface area contributed by atoms with Gasteiger partial charge in [0.25, 0.3) is 5.91 Å². The van der Waals surface area contributed by atoms with Gasteiger partial charge in [-0.1, -0.05) is 30.3 Å². The molecule has 7 nitrogen and oxygen atoms in total. The highest BCUT2D eigenvalue weighted by atomic mass is 32.2. The predicted molar refractivity (Wildman–Crippen MR) is 108 cm³/mol. The molecule has 1 aliphatic rings. The highest BCUT2D eigenvalue weighted by Crippen LogP contribution is 2.25. The first-order valence-corrected chi connectivity index (χ1v) is 10.9. The van der Waals surface area contributed by atoms with Crippen LogP contribution in [0.2, 0.25) is 0 Å². The van der Waals surface area contributed by atoms with E-state index in [2.05, 4.69) is 5.32 Å². The molecule has 8 heteroatoms. The summed E-state index contributed by atoms with van der Waals surface area (Å²) in [5.41, 5.74) is 2.21. The minimum Gasteiger partial charge on any atom is -0.449 e. The van der Waals surface area contributed by atoms with E-state index in [0.717, 1.165) is 11.1 Å². The van der Waals surface area contributed by atoms with Crippen molar-refractivity contribution in [3.63, 3.8) is 0 Å². The van der Waals surface area contributed by atoms with Crippen molar-refractivity contribution in [2.24, 2.45) is 0 Å². The first-order valence-electron chi connectivity index (χ1n) is 9.48. The second-order valence-electron chi connectivity index (χ2n) is 6.83. The van der Waals surface area contributed by atoms with Crippen LogP contribution in [-0.4, -0.2) is 43.8 Å². The number of carbonyl (C=O) groups is 2. The minimum absolute atomic E-state index is 0.0250. The second kappa shape index (κ2) is 8.75. The van der Waals surface area contributed by atoms with Crippen LogP contribution >= 0.6 is 0 Å². The summed E-state index contributed by atoms with van der Waals surface area (Å²) < 4.78 is 32.8. The molecule has 2 aromatic rings. The van der Waals surface area contributed by atoms with E-state index in [1.807, 2.05) is 24.3 Å². The molecule has 1 aliphatic heterocycles. The third-order valence-electron chi connectivity index (χ3n) is 4.81. The Kier molecular flexibility index (Phi) is 6.34. The number of rotatable bonds is 6. The van der Waals surface area contributed by atoms with Crippen LogP contribution in [0.25, 0.3) is 0 Å². The third-order valence-corrected chi connectivity index (χ3v) is 6.65. The van der Waals surface area contributed by atoms with Crippen LogP contribution in [0.4, 0.5) is 0 Å². The summed E-state index contributed by atoms with van der Waals surface area (Å²) >= 11 is 0. The molecule has 2 aromatic carbocycles. The van der Waals surface area contributed by atoms with E-state index < -0.39 is 28.0 Å². The molecule has 0 bridgehead atoms. The fourth-order valence-electron chi connectivity index (χ4n) is 3.21. The van der Waals surface area contributed by atoms with Crippen molar-refractivity contribution in [1.29, 1.82) is 0 Å². The molecule has 0 unspecified atom stereocenters. The number of hydrogen-bond donors (Lipinski definition) is 1. The van der Waals surface area contributed by atoms with Gasteiger partial charge in [-0.05, 0) is 49.6 Å². The average Bonchev–Trinajstić information content (AvgIpc) is 2.73. The van der Waals surface area contributed by atoms with Gasteiger partial charge in [-0.15, -0.1) is 0 Å².